The van der Waals surface area contributed by atoms with Crippen molar-refractivity contribution in [3.63, 3.8) is 0 Å². The standard InChI is InChI=1S/C22H24N2O6S/c1-14-17-19(23-13-24(20(17)25)15(2)21(26)30-12-11-28-3)31-18(14)22(27)29-10-9-16-7-5-4-6-8-16/h4-8,13,15H,9-12H2,1-3H3. The first-order valence-electron chi connectivity index (χ1n) is 9.81. The number of nitrogens with zero attached hydrogens (tertiary/aromatic N) is 2. The number of thiophene rings is 1. The number of hydrogen-bond acceptors (Lipinski definition) is 8. The lowest BCUT2D eigenvalue weighted by atomic mass is 10.2. The second kappa shape index (κ2) is 10.3. The van der Waals surface area contributed by atoms with Crippen LogP contribution in [-0.4, -0.2) is 48.4 Å². The first kappa shape index (κ1) is 22.6. The predicted molar refractivity (Wildman–Crippen MR) is 117 cm³/mol. The summed E-state index contributed by atoms with van der Waals surface area (Å²) >= 11 is 1.11. The van der Waals surface area contributed by atoms with Gasteiger partial charge in [0.05, 0.1) is 24.9 Å². The van der Waals surface area contributed by atoms with Gasteiger partial charge in [-0.2, -0.15) is 0 Å². The zero-order chi connectivity index (χ0) is 22.4. The maximum absolute atomic E-state index is 13.0. The van der Waals surface area contributed by atoms with Gasteiger partial charge < -0.3 is 14.2 Å². The van der Waals surface area contributed by atoms with Crippen LogP contribution in [0.2, 0.25) is 0 Å². The molecule has 0 bridgehead atoms. The van der Waals surface area contributed by atoms with Gasteiger partial charge in [0.2, 0.25) is 0 Å². The van der Waals surface area contributed by atoms with E-state index in [1.54, 1.807) is 13.8 Å². The zero-order valence-corrected chi connectivity index (χ0v) is 18.4. The third-order valence-electron chi connectivity index (χ3n) is 4.82. The highest BCUT2D eigenvalue weighted by Gasteiger charge is 2.24. The van der Waals surface area contributed by atoms with Crippen LogP contribution in [0.25, 0.3) is 10.2 Å². The summed E-state index contributed by atoms with van der Waals surface area (Å²) in [6, 6.07) is 8.85. The minimum atomic E-state index is -0.859. The number of methoxy groups -OCH3 is 1. The fraction of sp³-hybridized carbons (Fsp3) is 0.364. The summed E-state index contributed by atoms with van der Waals surface area (Å²) in [7, 11) is 1.50. The van der Waals surface area contributed by atoms with Crippen LogP contribution >= 0.6 is 11.3 Å². The highest BCUT2D eigenvalue weighted by Crippen LogP contribution is 2.28. The number of hydrogen-bond donors (Lipinski definition) is 0. The topological polar surface area (TPSA) is 96.7 Å². The van der Waals surface area contributed by atoms with Gasteiger partial charge in [-0.3, -0.25) is 9.36 Å². The first-order valence-corrected chi connectivity index (χ1v) is 10.6. The van der Waals surface area contributed by atoms with Crippen LogP contribution in [0.5, 0.6) is 0 Å². The van der Waals surface area contributed by atoms with Crippen molar-refractivity contribution in [1.29, 1.82) is 0 Å². The molecule has 164 valence electrons. The van der Waals surface area contributed by atoms with Gasteiger partial charge in [-0.1, -0.05) is 30.3 Å². The molecule has 0 saturated heterocycles. The number of ether oxygens (including phenoxy) is 3. The summed E-state index contributed by atoms with van der Waals surface area (Å²) in [5.41, 5.74) is 1.16. The molecule has 1 aromatic carbocycles. The van der Waals surface area contributed by atoms with Crippen molar-refractivity contribution in [2.75, 3.05) is 26.9 Å². The van der Waals surface area contributed by atoms with Crippen LogP contribution in [0, 0.1) is 6.92 Å². The van der Waals surface area contributed by atoms with E-state index in [-0.39, 0.29) is 19.8 Å². The molecule has 31 heavy (non-hydrogen) atoms. The molecule has 0 N–H and O–H groups in total. The number of carbonyl (C=O) groups is 2. The molecule has 0 amide bonds. The molecule has 0 saturated carbocycles. The van der Waals surface area contributed by atoms with Crippen LogP contribution in [0.1, 0.15) is 33.8 Å². The van der Waals surface area contributed by atoms with E-state index in [9.17, 15) is 14.4 Å². The van der Waals surface area contributed by atoms with Crippen molar-refractivity contribution in [3.8, 4) is 0 Å². The second-order valence-corrected chi connectivity index (χ2v) is 7.90. The average molecular weight is 445 g/mol. The van der Waals surface area contributed by atoms with Gasteiger partial charge in [0.15, 0.2) is 0 Å². The van der Waals surface area contributed by atoms with E-state index in [0.717, 1.165) is 16.9 Å². The number of rotatable bonds is 9. The van der Waals surface area contributed by atoms with E-state index in [0.29, 0.717) is 27.1 Å². The van der Waals surface area contributed by atoms with Crippen molar-refractivity contribution < 1.29 is 23.8 Å². The Kier molecular flexibility index (Phi) is 7.54. The zero-order valence-electron chi connectivity index (χ0n) is 17.6. The summed E-state index contributed by atoms with van der Waals surface area (Å²) in [6.45, 7) is 3.84. The summed E-state index contributed by atoms with van der Waals surface area (Å²) in [5.74, 6) is -1.05. The quantitative estimate of drug-likeness (QED) is 0.370. The van der Waals surface area contributed by atoms with Crippen LogP contribution in [-0.2, 0) is 25.4 Å². The second-order valence-electron chi connectivity index (χ2n) is 6.90. The molecule has 2 heterocycles. The minimum absolute atomic E-state index is 0.0978. The summed E-state index contributed by atoms with van der Waals surface area (Å²) in [4.78, 5) is 42.8. The minimum Gasteiger partial charge on any atom is -0.462 e. The van der Waals surface area contributed by atoms with Gasteiger partial charge in [0.25, 0.3) is 5.56 Å². The van der Waals surface area contributed by atoms with E-state index < -0.39 is 23.5 Å². The molecule has 0 aliphatic heterocycles. The molecular weight excluding hydrogens is 420 g/mol. The fourth-order valence-corrected chi connectivity index (χ4v) is 4.07. The van der Waals surface area contributed by atoms with E-state index >= 15 is 0 Å². The first-order chi connectivity index (χ1) is 14.9. The van der Waals surface area contributed by atoms with Crippen molar-refractivity contribution in [3.05, 3.63) is 63.0 Å². The molecule has 0 radical (unpaired) electrons. The van der Waals surface area contributed by atoms with Crippen molar-refractivity contribution >= 4 is 33.5 Å². The van der Waals surface area contributed by atoms with Crippen LogP contribution < -0.4 is 5.56 Å². The Morgan fingerprint density at radius 3 is 2.58 bits per heavy atom. The van der Waals surface area contributed by atoms with E-state index in [2.05, 4.69) is 4.98 Å². The van der Waals surface area contributed by atoms with E-state index in [1.165, 1.54) is 18.0 Å². The third-order valence-corrected chi connectivity index (χ3v) is 6.00. The molecule has 3 aromatic rings. The molecule has 0 fully saturated rings. The monoisotopic (exact) mass is 444 g/mol. The van der Waals surface area contributed by atoms with E-state index in [4.69, 9.17) is 14.2 Å². The molecule has 0 aliphatic rings. The van der Waals surface area contributed by atoms with Crippen LogP contribution in [0.3, 0.4) is 0 Å². The van der Waals surface area contributed by atoms with Gasteiger partial charge in [0, 0.05) is 13.5 Å². The maximum atomic E-state index is 13.0. The molecule has 2 aromatic heterocycles. The number of aryl methyl sites for hydroxylation is 1. The van der Waals surface area contributed by atoms with E-state index in [1.807, 2.05) is 30.3 Å². The maximum Gasteiger partial charge on any atom is 0.348 e. The predicted octanol–water partition coefficient (Wildman–Crippen LogP) is 2.92. The highest BCUT2D eigenvalue weighted by atomic mass is 32.1. The fourth-order valence-electron chi connectivity index (χ4n) is 3.04. The van der Waals surface area contributed by atoms with Crippen LogP contribution in [0.15, 0.2) is 41.5 Å². The normalized spacial score (nSPS) is 12.0. The molecule has 8 nitrogen and oxygen atoms in total. The molecular formula is C22H24N2O6S. The Hall–Kier alpha value is -3.04. The Balaban J connectivity index is 1.77. The summed E-state index contributed by atoms with van der Waals surface area (Å²) < 4.78 is 16.6. The molecule has 3 rings (SSSR count). The lowest BCUT2D eigenvalue weighted by molar-refractivity contribution is -0.148. The Morgan fingerprint density at radius 1 is 1.13 bits per heavy atom. The molecule has 0 spiro atoms. The van der Waals surface area contributed by atoms with Gasteiger partial charge in [-0.05, 0) is 25.0 Å². The Morgan fingerprint density at radius 2 is 1.87 bits per heavy atom. The number of benzene rings is 1. The number of carbonyl (C=O) groups excluding carboxylic acids is 2. The van der Waals surface area contributed by atoms with Crippen LogP contribution in [0.4, 0.5) is 0 Å². The highest BCUT2D eigenvalue weighted by molar-refractivity contribution is 7.20. The SMILES string of the molecule is COCCOC(=O)C(C)n1cnc2sc(C(=O)OCCc3ccccc3)c(C)c2c1=O. The molecule has 0 aliphatic carbocycles. The van der Waals surface area contributed by atoms with Crippen molar-refractivity contribution in [1.82, 2.24) is 9.55 Å². The molecule has 1 atom stereocenters. The largest absolute Gasteiger partial charge is 0.462 e. The Bertz CT molecular complexity index is 1120. The molecule has 9 heteroatoms. The van der Waals surface area contributed by atoms with Crippen molar-refractivity contribution in [2.45, 2.75) is 26.3 Å². The lowest BCUT2D eigenvalue weighted by Gasteiger charge is -2.13. The molecule has 1 unspecified atom stereocenters. The van der Waals surface area contributed by atoms with Gasteiger partial charge in [-0.15, -0.1) is 11.3 Å². The third kappa shape index (κ3) is 5.18. The van der Waals surface area contributed by atoms with Crippen molar-refractivity contribution in [2.24, 2.45) is 0 Å². The number of fused-ring (bicyclic) bond motifs is 1. The summed E-state index contributed by atoms with van der Waals surface area (Å²) in [5, 5.41) is 0.305. The number of esters is 2. The summed E-state index contributed by atoms with van der Waals surface area (Å²) in [6.07, 6.45) is 1.90. The van der Waals surface area contributed by atoms with Gasteiger partial charge in [0.1, 0.15) is 22.4 Å². The van der Waals surface area contributed by atoms with Gasteiger partial charge in [-0.25, -0.2) is 14.6 Å². The number of aromatic nitrogens is 2. The lowest BCUT2D eigenvalue weighted by Crippen LogP contribution is -2.30. The Labute approximate surface area is 183 Å². The smallest absolute Gasteiger partial charge is 0.348 e. The average Bonchev–Trinajstić information content (AvgIpc) is 3.11. The van der Waals surface area contributed by atoms with Gasteiger partial charge >= 0.3 is 11.9 Å².